The van der Waals surface area contributed by atoms with Crippen LogP contribution in [-0.4, -0.2) is 4.98 Å². The van der Waals surface area contributed by atoms with E-state index in [-0.39, 0.29) is 11.7 Å². The number of hydrogen-bond acceptors (Lipinski definition) is 2. The zero-order valence-corrected chi connectivity index (χ0v) is 10.0. The molecule has 1 heterocycles. The second-order valence-electron chi connectivity index (χ2n) is 3.62. The molecule has 4 heteroatoms. The van der Waals surface area contributed by atoms with Crippen LogP contribution in [-0.2, 0) is 5.88 Å². The van der Waals surface area contributed by atoms with Crippen LogP contribution in [0.15, 0.2) is 36.5 Å². The molecule has 0 fully saturated rings. The molecule has 0 N–H and O–H groups in total. The van der Waals surface area contributed by atoms with Gasteiger partial charge in [0, 0.05) is 18.1 Å². The lowest BCUT2D eigenvalue weighted by molar-refractivity contribution is 0.469. The summed E-state index contributed by atoms with van der Waals surface area (Å²) in [6.45, 7) is 1.83. The summed E-state index contributed by atoms with van der Waals surface area (Å²) in [5.41, 5.74) is 1.44. The number of alkyl halides is 1. The number of aromatic nitrogens is 1. The van der Waals surface area contributed by atoms with Crippen molar-refractivity contribution in [3.05, 3.63) is 53.6 Å². The summed E-state index contributed by atoms with van der Waals surface area (Å²) >= 11 is 5.67. The highest BCUT2D eigenvalue weighted by molar-refractivity contribution is 6.17. The molecule has 2 rings (SSSR count). The van der Waals surface area contributed by atoms with Gasteiger partial charge >= 0.3 is 0 Å². The Balaban J connectivity index is 2.30. The van der Waals surface area contributed by atoms with E-state index in [2.05, 4.69) is 4.98 Å². The van der Waals surface area contributed by atoms with Crippen molar-refractivity contribution in [2.75, 3.05) is 0 Å². The molecule has 1 aromatic heterocycles. The molecule has 0 saturated heterocycles. The SMILES string of the molecule is Cc1ncccc1Oc1cc(F)cc(CCl)c1. The zero-order chi connectivity index (χ0) is 12.3. The molecular formula is C13H11ClFNO. The Morgan fingerprint density at radius 3 is 2.88 bits per heavy atom. The lowest BCUT2D eigenvalue weighted by Gasteiger charge is -2.08. The molecule has 0 aliphatic carbocycles. The summed E-state index contributed by atoms with van der Waals surface area (Å²) in [5.74, 6) is 0.926. The third kappa shape index (κ3) is 2.94. The number of nitrogens with zero attached hydrogens (tertiary/aromatic N) is 1. The Kier molecular flexibility index (Phi) is 3.59. The number of pyridine rings is 1. The van der Waals surface area contributed by atoms with Crippen LogP contribution in [0, 0.1) is 12.7 Å². The molecule has 0 spiro atoms. The predicted octanol–water partition coefficient (Wildman–Crippen LogP) is 4.06. The van der Waals surface area contributed by atoms with Gasteiger partial charge in [0.05, 0.1) is 5.69 Å². The highest BCUT2D eigenvalue weighted by Gasteiger charge is 2.05. The zero-order valence-electron chi connectivity index (χ0n) is 9.28. The molecule has 2 aromatic rings. The van der Waals surface area contributed by atoms with Crippen LogP contribution >= 0.6 is 11.6 Å². The number of halogens is 2. The lowest BCUT2D eigenvalue weighted by Crippen LogP contribution is -1.91. The molecule has 0 bridgehead atoms. The van der Waals surface area contributed by atoms with Crippen LogP contribution in [0.2, 0.25) is 0 Å². The minimum atomic E-state index is -0.361. The van der Waals surface area contributed by atoms with Gasteiger partial charge in [-0.1, -0.05) is 0 Å². The molecule has 2 nitrogen and oxygen atoms in total. The molecule has 88 valence electrons. The highest BCUT2D eigenvalue weighted by atomic mass is 35.5. The van der Waals surface area contributed by atoms with Gasteiger partial charge < -0.3 is 4.74 Å². The topological polar surface area (TPSA) is 22.1 Å². The third-order valence-electron chi connectivity index (χ3n) is 2.27. The van der Waals surface area contributed by atoms with Crippen molar-refractivity contribution in [1.29, 1.82) is 0 Å². The van der Waals surface area contributed by atoms with Crippen molar-refractivity contribution >= 4 is 11.6 Å². The Hall–Kier alpha value is -1.61. The Morgan fingerprint density at radius 1 is 1.35 bits per heavy atom. The van der Waals surface area contributed by atoms with Gasteiger partial charge in [-0.05, 0) is 36.8 Å². The van der Waals surface area contributed by atoms with E-state index < -0.39 is 0 Å². The van der Waals surface area contributed by atoms with Gasteiger partial charge in [0.2, 0.25) is 0 Å². The average Bonchev–Trinajstić information content (AvgIpc) is 2.31. The van der Waals surface area contributed by atoms with Crippen LogP contribution in [0.3, 0.4) is 0 Å². The fraction of sp³-hybridized carbons (Fsp3) is 0.154. The second kappa shape index (κ2) is 5.15. The molecule has 0 amide bonds. The Bertz CT molecular complexity index is 531. The van der Waals surface area contributed by atoms with Crippen molar-refractivity contribution in [2.24, 2.45) is 0 Å². The van der Waals surface area contributed by atoms with Crippen molar-refractivity contribution < 1.29 is 9.13 Å². The monoisotopic (exact) mass is 251 g/mol. The Morgan fingerprint density at radius 2 is 2.18 bits per heavy atom. The van der Waals surface area contributed by atoms with Gasteiger partial charge in [-0.3, -0.25) is 4.98 Å². The molecular weight excluding hydrogens is 241 g/mol. The number of rotatable bonds is 3. The molecule has 0 radical (unpaired) electrons. The quantitative estimate of drug-likeness (QED) is 0.768. The van der Waals surface area contributed by atoms with Crippen LogP contribution < -0.4 is 4.74 Å². The molecule has 1 aromatic carbocycles. The second-order valence-corrected chi connectivity index (χ2v) is 3.89. The first kappa shape index (κ1) is 11.9. The maximum absolute atomic E-state index is 13.3. The van der Waals surface area contributed by atoms with E-state index >= 15 is 0 Å². The van der Waals surface area contributed by atoms with E-state index in [1.54, 1.807) is 24.4 Å². The van der Waals surface area contributed by atoms with Crippen LogP contribution in [0.4, 0.5) is 4.39 Å². The fourth-order valence-electron chi connectivity index (χ4n) is 1.46. The molecule has 0 atom stereocenters. The molecule has 0 aliphatic rings. The summed E-state index contributed by atoms with van der Waals surface area (Å²) in [4.78, 5) is 4.10. The number of hydrogen-bond donors (Lipinski definition) is 0. The van der Waals surface area contributed by atoms with E-state index in [1.807, 2.05) is 6.92 Å². The molecule has 17 heavy (non-hydrogen) atoms. The summed E-state index contributed by atoms with van der Waals surface area (Å²) in [5, 5.41) is 0. The summed E-state index contributed by atoms with van der Waals surface area (Å²) in [6, 6.07) is 7.97. The first-order valence-corrected chi connectivity index (χ1v) is 5.67. The predicted molar refractivity (Wildman–Crippen MR) is 65.0 cm³/mol. The largest absolute Gasteiger partial charge is 0.455 e. The van der Waals surface area contributed by atoms with Gasteiger partial charge in [0.1, 0.15) is 17.3 Å². The molecule has 0 saturated carbocycles. The van der Waals surface area contributed by atoms with Gasteiger partial charge in [-0.15, -0.1) is 11.6 Å². The fourth-order valence-corrected chi connectivity index (χ4v) is 1.62. The molecule has 0 aliphatic heterocycles. The van der Waals surface area contributed by atoms with Gasteiger partial charge in [0.15, 0.2) is 0 Å². The highest BCUT2D eigenvalue weighted by Crippen LogP contribution is 2.25. The molecule has 0 unspecified atom stereocenters. The van der Waals surface area contributed by atoms with E-state index in [4.69, 9.17) is 16.3 Å². The Labute approximate surface area is 104 Å². The van der Waals surface area contributed by atoms with Crippen molar-refractivity contribution in [3.63, 3.8) is 0 Å². The van der Waals surface area contributed by atoms with Crippen molar-refractivity contribution in [3.8, 4) is 11.5 Å². The van der Waals surface area contributed by atoms with Crippen LogP contribution in [0.5, 0.6) is 11.5 Å². The van der Waals surface area contributed by atoms with Crippen molar-refractivity contribution in [1.82, 2.24) is 4.98 Å². The normalized spacial score (nSPS) is 10.3. The van der Waals surface area contributed by atoms with Gasteiger partial charge in [-0.2, -0.15) is 0 Å². The summed E-state index contributed by atoms with van der Waals surface area (Å²) in [6.07, 6.45) is 1.68. The van der Waals surface area contributed by atoms with E-state index in [0.29, 0.717) is 17.1 Å². The average molecular weight is 252 g/mol. The minimum absolute atomic E-state index is 0.250. The van der Waals surface area contributed by atoms with Crippen LogP contribution in [0.1, 0.15) is 11.3 Å². The third-order valence-corrected chi connectivity index (χ3v) is 2.58. The first-order valence-electron chi connectivity index (χ1n) is 5.14. The van der Waals surface area contributed by atoms with E-state index in [1.165, 1.54) is 12.1 Å². The number of ether oxygens (including phenoxy) is 1. The standard InChI is InChI=1S/C13H11ClFNO/c1-9-13(3-2-4-16-9)17-12-6-10(8-14)5-11(15)7-12/h2-7H,8H2,1H3. The van der Waals surface area contributed by atoms with E-state index in [0.717, 1.165) is 5.69 Å². The maximum atomic E-state index is 13.3. The van der Waals surface area contributed by atoms with Crippen molar-refractivity contribution in [2.45, 2.75) is 12.8 Å². The lowest BCUT2D eigenvalue weighted by atomic mass is 10.2. The minimum Gasteiger partial charge on any atom is -0.455 e. The maximum Gasteiger partial charge on any atom is 0.148 e. The number of benzene rings is 1. The summed E-state index contributed by atoms with van der Waals surface area (Å²) in [7, 11) is 0. The van der Waals surface area contributed by atoms with Gasteiger partial charge in [0.25, 0.3) is 0 Å². The summed E-state index contributed by atoms with van der Waals surface area (Å²) < 4.78 is 18.8. The van der Waals surface area contributed by atoms with Gasteiger partial charge in [-0.25, -0.2) is 4.39 Å². The number of aryl methyl sites for hydroxylation is 1. The van der Waals surface area contributed by atoms with Crippen LogP contribution in [0.25, 0.3) is 0 Å². The first-order chi connectivity index (χ1) is 8.19. The van der Waals surface area contributed by atoms with E-state index in [9.17, 15) is 4.39 Å². The smallest absolute Gasteiger partial charge is 0.148 e.